The van der Waals surface area contributed by atoms with Gasteiger partial charge in [0.05, 0.1) is 15.7 Å². The summed E-state index contributed by atoms with van der Waals surface area (Å²) in [6, 6.07) is 4.13. The van der Waals surface area contributed by atoms with Gasteiger partial charge in [0.1, 0.15) is 0 Å². The number of nitrogens with zero attached hydrogens (tertiary/aromatic N) is 3. The molecule has 3 N–H and O–H groups in total. The summed E-state index contributed by atoms with van der Waals surface area (Å²) in [6.45, 7) is 3.44. The number of benzene rings is 1. The molecule has 0 saturated carbocycles. The molecule has 0 radical (unpaired) electrons. The first-order chi connectivity index (χ1) is 10.2. The van der Waals surface area contributed by atoms with Crippen molar-refractivity contribution in [2.24, 2.45) is 10.7 Å². The fraction of sp³-hybridized carbons (Fsp3) is 0.231. The topological polar surface area (TPSA) is 103 Å². The maximum atomic E-state index is 12.3. The number of anilines is 1. The summed E-state index contributed by atoms with van der Waals surface area (Å²) in [6.07, 6.45) is 0. The maximum absolute atomic E-state index is 12.3. The predicted octanol–water partition coefficient (Wildman–Crippen LogP) is 1.83. The van der Waals surface area contributed by atoms with E-state index in [1.165, 1.54) is 23.1 Å². The Morgan fingerprint density at radius 3 is 2.36 bits per heavy atom. The van der Waals surface area contributed by atoms with Gasteiger partial charge in [-0.25, -0.2) is 4.90 Å². The van der Waals surface area contributed by atoms with E-state index in [2.05, 4.69) is 4.99 Å². The van der Waals surface area contributed by atoms with Gasteiger partial charge in [0, 0.05) is 6.04 Å². The van der Waals surface area contributed by atoms with E-state index in [0.29, 0.717) is 10.7 Å². The Labute approximate surface area is 136 Å². The van der Waals surface area contributed by atoms with Crippen LogP contribution in [0.5, 0.6) is 0 Å². The van der Waals surface area contributed by atoms with Crippen LogP contribution in [0, 0.1) is 5.41 Å². The van der Waals surface area contributed by atoms with Gasteiger partial charge in [0.25, 0.3) is 0 Å². The number of rotatable bonds is 2. The molecule has 9 heteroatoms. The lowest BCUT2D eigenvalue weighted by molar-refractivity contribution is -0.139. The predicted molar refractivity (Wildman–Crippen MR) is 85.3 cm³/mol. The lowest BCUT2D eigenvalue weighted by Crippen LogP contribution is -2.40. The minimum absolute atomic E-state index is 0.0316. The molecule has 0 bridgehead atoms. The van der Waals surface area contributed by atoms with Gasteiger partial charge < -0.3 is 5.73 Å². The summed E-state index contributed by atoms with van der Waals surface area (Å²) < 4.78 is 0. The maximum Gasteiger partial charge on any atom is 0.323 e. The molecule has 0 aliphatic carbocycles. The van der Waals surface area contributed by atoms with Crippen LogP contribution >= 0.6 is 23.2 Å². The van der Waals surface area contributed by atoms with E-state index >= 15 is 0 Å². The fourth-order valence-corrected chi connectivity index (χ4v) is 2.31. The SMILES string of the molecule is CC(C)N1C(=O)C(=O)N(c2ccc(Cl)c(Cl)c2)C1=NC(=N)N. The largest absolute Gasteiger partial charge is 0.368 e. The smallest absolute Gasteiger partial charge is 0.323 e. The van der Waals surface area contributed by atoms with Gasteiger partial charge in [-0.05, 0) is 32.0 Å². The third-order valence-electron chi connectivity index (χ3n) is 2.92. The molecule has 22 heavy (non-hydrogen) atoms. The molecular weight excluding hydrogens is 329 g/mol. The van der Waals surface area contributed by atoms with Crippen molar-refractivity contribution in [3.63, 3.8) is 0 Å². The highest BCUT2D eigenvalue weighted by Crippen LogP contribution is 2.30. The van der Waals surface area contributed by atoms with Crippen LogP contribution in [0.15, 0.2) is 23.2 Å². The van der Waals surface area contributed by atoms with Crippen molar-refractivity contribution in [1.29, 1.82) is 5.41 Å². The first kappa shape index (κ1) is 16.3. The van der Waals surface area contributed by atoms with Gasteiger partial charge in [-0.3, -0.25) is 19.9 Å². The van der Waals surface area contributed by atoms with Crippen molar-refractivity contribution < 1.29 is 9.59 Å². The average Bonchev–Trinajstić information content (AvgIpc) is 2.64. The minimum atomic E-state index is -0.799. The van der Waals surface area contributed by atoms with Crippen molar-refractivity contribution in [1.82, 2.24) is 4.90 Å². The highest BCUT2D eigenvalue weighted by molar-refractivity contribution is 6.54. The quantitative estimate of drug-likeness (QED) is 0.487. The second kappa shape index (κ2) is 5.94. The van der Waals surface area contributed by atoms with Crippen LogP contribution < -0.4 is 10.6 Å². The number of hydrogen-bond acceptors (Lipinski definition) is 3. The van der Waals surface area contributed by atoms with Crippen molar-refractivity contribution in [2.45, 2.75) is 19.9 Å². The lowest BCUT2D eigenvalue weighted by atomic mass is 10.3. The molecule has 1 saturated heterocycles. The van der Waals surface area contributed by atoms with Gasteiger partial charge >= 0.3 is 11.8 Å². The number of nitrogens with two attached hydrogens (primary N) is 1. The number of carbonyl (C=O) groups excluding carboxylic acids is 2. The Hall–Kier alpha value is -2.12. The van der Waals surface area contributed by atoms with Crippen LogP contribution in [0.2, 0.25) is 10.0 Å². The van der Waals surface area contributed by atoms with Gasteiger partial charge in [-0.2, -0.15) is 4.99 Å². The van der Waals surface area contributed by atoms with Crippen LogP contribution in [0.25, 0.3) is 0 Å². The second-order valence-corrected chi connectivity index (χ2v) is 5.62. The number of carbonyl (C=O) groups is 2. The van der Waals surface area contributed by atoms with E-state index < -0.39 is 17.8 Å². The normalized spacial score (nSPS) is 17.0. The Balaban J connectivity index is 2.60. The number of guanidine groups is 2. The van der Waals surface area contributed by atoms with Crippen LogP contribution in [-0.4, -0.2) is 34.7 Å². The zero-order valence-electron chi connectivity index (χ0n) is 11.8. The fourth-order valence-electron chi connectivity index (χ4n) is 2.02. The monoisotopic (exact) mass is 341 g/mol. The third kappa shape index (κ3) is 2.77. The molecule has 1 aromatic rings. The second-order valence-electron chi connectivity index (χ2n) is 4.80. The molecule has 2 rings (SSSR count). The van der Waals surface area contributed by atoms with Gasteiger partial charge in [0.15, 0.2) is 0 Å². The van der Waals surface area contributed by atoms with Crippen molar-refractivity contribution >= 4 is 52.6 Å². The number of halogens is 2. The van der Waals surface area contributed by atoms with Crippen molar-refractivity contribution in [3.8, 4) is 0 Å². The molecule has 1 aromatic carbocycles. The Bertz CT molecular complexity index is 702. The zero-order valence-corrected chi connectivity index (χ0v) is 13.3. The molecule has 1 heterocycles. The molecule has 1 aliphatic rings. The molecule has 0 unspecified atom stereocenters. The molecule has 1 fully saturated rings. The number of amides is 2. The van der Waals surface area contributed by atoms with Gasteiger partial charge in [-0.1, -0.05) is 23.2 Å². The van der Waals surface area contributed by atoms with Gasteiger partial charge in [0.2, 0.25) is 11.9 Å². The summed E-state index contributed by atoms with van der Waals surface area (Å²) in [5, 5.41) is 7.86. The first-order valence-corrected chi connectivity index (χ1v) is 7.05. The lowest BCUT2D eigenvalue weighted by Gasteiger charge is -2.22. The van der Waals surface area contributed by atoms with E-state index in [1.54, 1.807) is 13.8 Å². The zero-order chi connectivity index (χ0) is 16.6. The number of nitrogens with one attached hydrogen (secondary N) is 1. The highest BCUT2D eigenvalue weighted by atomic mass is 35.5. The van der Waals surface area contributed by atoms with Crippen LogP contribution in [0.3, 0.4) is 0 Å². The van der Waals surface area contributed by atoms with E-state index in [4.69, 9.17) is 34.3 Å². The van der Waals surface area contributed by atoms with E-state index in [0.717, 1.165) is 4.90 Å². The summed E-state index contributed by atoms with van der Waals surface area (Å²) in [5.41, 5.74) is 5.61. The third-order valence-corrected chi connectivity index (χ3v) is 3.66. The van der Waals surface area contributed by atoms with Crippen molar-refractivity contribution in [3.05, 3.63) is 28.2 Å². The van der Waals surface area contributed by atoms with E-state index in [9.17, 15) is 9.59 Å². The molecular formula is C13H13Cl2N5O2. The number of aliphatic imine (C=N–C) groups is 1. The van der Waals surface area contributed by atoms with E-state index in [1.807, 2.05) is 0 Å². The summed E-state index contributed by atoms with van der Waals surface area (Å²) in [7, 11) is 0. The Morgan fingerprint density at radius 1 is 1.23 bits per heavy atom. The molecule has 0 aromatic heterocycles. The van der Waals surface area contributed by atoms with Gasteiger partial charge in [-0.15, -0.1) is 0 Å². The average molecular weight is 342 g/mol. The minimum Gasteiger partial charge on any atom is -0.368 e. The molecule has 2 amide bonds. The highest BCUT2D eigenvalue weighted by Gasteiger charge is 2.45. The van der Waals surface area contributed by atoms with Crippen molar-refractivity contribution in [2.75, 3.05) is 4.90 Å². The molecule has 7 nitrogen and oxygen atoms in total. The summed E-state index contributed by atoms with van der Waals surface area (Å²) >= 11 is 11.8. The first-order valence-electron chi connectivity index (χ1n) is 6.29. The van der Waals surface area contributed by atoms with Crippen LogP contribution in [0.4, 0.5) is 5.69 Å². The van der Waals surface area contributed by atoms with Crippen LogP contribution in [-0.2, 0) is 9.59 Å². The summed E-state index contributed by atoms with van der Waals surface area (Å²) in [4.78, 5) is 30.5. The molecule has 1 aliphatic heterocycles. The molecule has 0 atom stereocenters. The molecule has 116 valence electrons. The molecule has 0 spiro atoms. The number of hydrogen-bond donors (Lipinski definition) is 2. The Morgan fingerprint density at radius 2 is 1.86 bits per heavy atom. The Kier molecular flexibility index (Phi) is 4.39. The van der Waals surface area contributed by atoms with E-state index in [-0.39, 0.29) is 17.0 Å². The van der Waals surface area contributed by atoms with Crippen LogP contribution in [0.1, 0.15) is 13.8 Å². The standard InChI is InChI=1S/C13H13Cl2N5O2/c1-6(2)19-10(21)11(22)20(13(19)18-12(16)17)7-3-4-8(14)9(15)5-7/h3-6H,1-2H3,(H3,16,17). The summed E-state index contributed by atoms with van der Waals surface area (Å²) in [5.74, 6) is -2.10.